The average Bonchev–Trinajstić information content (AvgIpc) is 3.08. The number of anilines is 1. The first-order chi connectivity index (χ1) is 9.72. The maximum absolute atomic E-state index is 14.0. The molecule has 5 nitrogen and oxygen atoms in total. The number of halogens is 2. The summed E-state index contributed by atoms with van der Waals surface area (Å²) < 4.78 is 21.6. The zero-order valence-electron chi connectivity index (χ0n) is 10.3. The van der Waals surface area contributed by atoms with Gasteiger partial charge in [-0.1, -0.05) is 0 Å². The molecule has 1 aromatic carbocycles. The van der Waals surface area contributed by atoms with Gasteiger partial charge in [0, 0.05) is 5.69 Å². The SMILES string of the molecule is Fc1cc(NCc2ccc(I)o2)ccc1-n1cncn1. The smallest absolute Gasteiger partial charge is 0.164 e. The topological polar surface area (TPSA) is 55.9 Å². The molecule has 0 unspecified atom stereocenters. The standard InChI is InChI=1S/C13H10FIN4O/c14-11-5-9(17-6-10-2-4-13(15)20-10)1-3-12(11)19-8-16-7-18-19/h1-5,7-8,17H,6H2. The summed E-state index contributed by atoms with van der Waals surface area (Å²) in [7, 11) is 0. The van der Waals surface area contributed by atoms with Crippen LogP contribution in [0, 0.1) is 9.58 Å². The molecule has 0 aliphatic rings. The molecule has 3 rings (SSSR count). The molecule has 0 saturated carbocycles. The van der Waals surface area contributed by atoms with Crippen LogP contribution in [-0.4, -0.2) is 14.8 Å². The van der Waals surface area contributed by atoms with E-state index in [9.17, 15) is 4.39 Å². The van der Waals surface area contributed by atoms with Crippen LogP contribution in [0.1, 0.15) is 5.76 Å². The second-order valence-electron chi connectivity index (χ2n) is 4.07. The Bertz CT molecular complexity index is 711. The second-order valence-corrected chi connectivity index (χ2v) is 5.13. The van der Waals surface area contributed by atoms with Crippen molar-refractivity contribution in [1.82, 2.24) is 14.8 Å². The highest BCUT2D eigenvalue weighted by atomic mass is 127. The van der Waals surface area contributed by atoms with Crippen LogP contribution in [0.4, 0.5) is 10.1 Å². The molecule has 0 radical (unpaired) electrons. The van der Waals surface area contributed by atoms with E-state index in [-0.39, 0.29) is 5.82 Å². The molecule has 0 aliphatic heterocycles. The molecule has 0 bridgehead atoms. The minimum Gasteiger partial charge on any atom is -0.454 e. The Labute approximate surface area is 128 Å². The fourth-order valence-corrected chi connectivity index (χ4v) is 2.23. The van der Waals surface area contributed by atoms with Crippen molar-refractivity contribution in [3.63, 3.8) is 0 Å². The van der Waals surface area contributed by atoms with Gasteiger partial charge in [0.25, 0.3) is 0 Å². The van der Waals surface area contributed by atoms with Crippen molar-refractivity contribution in [2.75, 3.05) is 5.32 Å². The van der Waals surface area contributed by atoms with Crippen molar-refractivity contribution in [2.24, 2.45) is 0 Å². The van der Waals surface area contributed by atoms with E-state index in [1.807, 2.05) is 12.1 Å². The molecule has 0 aliphatic carbocycles. The predicted octanol–water partition coefficient (Wildman–Crippen LogP) is 3.22. The van der Waals surface area contributed by atoms with E-state index in [0.717, 1.165) is 9.53 Å². The van der Waals surface area contributed by atoms with E-state index >= 15 is 0 Å². The molecular weight excluding hydrogens is 374 g/mol. The van der Waals surface area contributed by atoms with Gasteiger partial charge in [-0.25, -0.2) is 14.1 Å². The van der Waals surface area contributed by atoms with Crippen molar-refractivity contribution in [3.8, 4) is 5.69 Å². The third kappa shape index (κ3) is 2.82. The van der Waals surface area contributed by atoms with E-state index in [0.29, 0.717) is 17.9 Å². The van der Waals surface area contributed by atoms with Crippen LogP contribution in [-0.2, 0) is 6.54 Å². The summed E-state index contributed by atoms with van der Waals surface area (Å²) in [6.45, 7) is 0.505. The molecule has 1 N–H and O–H groups in total. The first-order valence-electron chi connectivity index (χ1n) is 5.85. The fourth-order valence-electron chi connectivity index (χ4n) is 1.77. The summed E-state index contributed by atoms with van der Waals surface area (Å²) in [5.74, 6) is 0.435. The van der Waals surface area contributed by atoms with E-state index in [1.54, 1.807) is 12.1 Å². The predicted molar refractivity (Wildman–Crippen MR) is 80.1 cm³/mol. The van der Waals surface area contributed by atoms with Gasteiger partial charge in [-0.15, -0.1) is 0 Å². The van der Waals surface area contributed by atoms with Gasteiger partial charge in [0.2, 0.25) is 0 Å². The van der Waals surface area contributed by atoms with Gasteiger partial charge in [0.1, 0.15) is 24.1 Å². The summed E-state index contributed by atoms with van der Waals surface area (Å²) >= 11 is 2.10. The third-order valence-corrected chi connectivity index (χ3v) is 3.29. The van der Waals surface area contributed by atoms with E-state index < -0.39 is 0 Å². The van der Waals surface area contributed by atoms with Crippen LogP contribution >= 0.6 is 22.6 Å². The van der Waals surface area contributed by atoms with Crippen molar-refractivity contribution in [1.29, 1.82) is 0 Å². The van der Waals surface area contributed by atoms with Gasteiger partial charge >= 0.3 is 0 Å². The zero-order valence-corrected chi connectivity index (χ0v) is 12.4. The summed E-state index contributed by atoms with van der Waals surface area (Å²) in [4.78, 5) is 3.80. The first kappa shape index (κ1) is 13.1. The van der Waals surface area contributed by atoms with Crippen molar-refractivity contribution < 1.29 is 8.81 Å². The fraction of sp³-hybridized carbons (Fsp3) is 0.0769. The van der Waals surface area contributed by atoms with Gasteiger partial charge in [-0.2, -0.15) is 5.10 Å². The molecule has 7 heteroatoms. The van der Waals surface area contributed by atoms with Crippen LogP contribution < -0.4 is 5.32 Å². The molecule has 2 aromatic heterocycles. The maximum Gasteiger partial charge on any atom is 0.164 e. The van der Waals surface area contributed by atoms with Crippen LogP contribution in [0.3, 0.4) is 0 Å². The van der Waals surface area contributed by atoms with Crippen LogP contribution in [0.15, 0.2) is 47.4 Å². The summed E-state index contributed by atoms with van der Waals surface area (Å²) in [6.07, 6.45) is 2.82. The highest BCUT2D eigenvalue weighted by molar-refractivity contribution is 14.1. The highest BCUT2D eigenvalue weighted by Gasteiger charge is 2.07. The Kier molecular flexibility index (Phi) is 3.68. The molecule has 0 atom stereocenters. The van der Waals surface area contributed by atoms with Crippen LogP contribution in [0.5, 0.6) is 0 Å². The van der Waals surface area contributed by atoms with E-state index in [2.05, 4.69) is 38.0 Å². The Morgan fingerprint density at radius 2 is 2.20 bits per heavy atom. The van der Waals surface area contributed by atoms with Gasteiger partial charge < -0.3 is 9.73 Å². The molecule has 0 saturated heterocycles. The molecule has 20 heavy (non-hydrogen) atoms. The third-order valence-electron chi connectivity index (χ3n) is 2.71. The normalized spacial score (nSPS) is 10.7. The monoisotopic (exact) mass is 384 g/mol. The van der Waals surface area contributed by atoms with Crippen molar-refractivity contribution in [3.05, 3.63) is 58.3 Å². The number of nitrogens with zero attached hydrogens (tertiary/aromatic N) is 3. The maximum atomic E-state index is 14.0. The van der Waals surface area contributed by atoms with Crippen molar-refractivity contribution >= 4 is 28.3 Å². The number of nitrogens with one attached hydrogen (secondary N) is 1. The number of rotatable bonds is 4. The van der Waals surface area contributed by atoms with Crippen LogP contribution in [0.2, 0.25) is 0 Å². The molecule has 0 spiro atoms. The Balaban J connectivity index is 1.74. The number of furan rings is 1. The van der Waals surface area contributed by atoms with E-state index in [1.165, 1.54) is 23.4 Å². The minimum absolute atomic E-state index is 0.362. The lowest BCUT2D eigenvalue weighted by Gasteiger charge is -2.07. The lowest BCUT2D eigenvalue weighted by molar-refractivity contribution is 0.492. The molecule has 3 aromatic rings. The Morgan fingerprint density at radius 3 is 2.85 bits per heavy atom. The minimum atomic E-state index is -0.366. The lowest BCUT2D eigenvalue weighted by atomic mass is 10.2. The summed E-state index contributed by atoms with van der Waals surface area (Å²) in [5, 5.41) is 7.01. The number of hydrogen-bond donors (Lipinski definition) is 1. The van der Waals surface area contributed by atoms with Gasteiger partial charge in [-0.3, -0.25) is 0 Å². The van der Waals surface area contributed by atoms with E-state index in [4.69, 9.17) is 4.42 Å². The number of benzene rings is 1. The molecule has 2 heterocycles. The molecule has 0 amide bonds. The Hall–Kier alpha value is -1.90. The molecule has 0 fully saturated rings. The quantitative estimate of drug-likeness (QED) is 0.702. The molecule has 102 valence electrons. The highest BCUT2D eigenvalue weighted by Crippen LogP contribution is 2.18. The Morgan fingerprint density at radius 1 is 1.30 bits per heavy atom. The average molecular weight is 384 g/mol. The lowest BCUT2D eigenvalue weighted by Crippen LogP contribution is -2.02. The second kappa shape index (κ2) is 5.61. The van der Waals surface area contributed by atoms with Crippen LogP contribution in [0.25, 0.3) is 5.69 Å². The largest absolute Gasteiger partial charge is 0.454 e. The number of aromatic nitrogens is 3. The first-order valence-corrected chi connectivity index (χ1v) is 6.93. The summed E-state index contributed by atoms with van der Waals surface area (Å²) in [5.41, 5.74) is 1.04. The van der Waals surface area contributed by atoms with Gasteiger partial charge in [0.05, 0.1) is 6.54 Å². The van der Waals surface area contributed by atoms with Crippen molar-refractivity contribution in [2.45, 2.75) is 6.54 Å². The molecular formula is C13H10FIN4O. The zero-order chi connectivity index (χ0) is 13.9. The number of hydrogen-bond acceptors (Lipinski definition) is 4. The van der Waals surface area contributed by atoms with Gasteiger partial charge in [0.15, 0.2) is 9.58 Å². The van der Waals surface area contributed by atoms with Gasteiger partial charge in [-0.05, 0) is 52.9 Å². The summed E-state index contributed by atoms with van der Waals surface area (Å²) in [6, 6.07) is 8.62.